The van der Waals surface area contributed by atoms with Crippen molar-refractivity contribution in [2.24, 2.45) is 0 Å². The summed E-state index contributed by atoms with van der Waals surface area (Å²) in [5.74, 6) is -3.12. The second kappa shape index (κ2) is 5.41. The summed E-state index contributed by atoms with van der Waals surface area (Å²) in [6.07, 6.45) is -3.61. The van der Waals surface area contributed by atoms with E-state index in [9.17, 15) is 18.0 Å². The summed E-state index contributed by atoms with van der Waals surface area (Å²) >= 11 is 0. The molecule has 1 aromatic carbocycles. The predicted octanol–water partition coefficient (Wildman–Crippen LogP) is 2.77. The SMILES string of the molecule is O=C(NCc1ccco1)NC1(C(F)(F)F)Oc2ccccc2O1. The highest BCUT2D eigenvalue weighted by atomic mass is 19.4. The molecule has 0 aliphatic carbocycles. The third-order valence-electron chi connectivity index (χ3n) is 3.01. The van der Waals surface area contributed by atoms with Crippen LogP contribution in [0.3, 0.4) is 0 Å². The molecule has 1 aliphatic heterocycles. The van der Waals surface area contributed by atoms with E-state index in [-0.39, 0.29) is 18.0 Å². The number of para-hydroxylation sites is 2. The van der Waals surface area contributed by atoms with Crippen LogP contribution >= 0.6 is 0 Å². The summed E-state index contributed by atoms with van der Waals surface area (Å²) in [6, 6.07) is 7.64. The fourth-order valence-corrected chi connectivity index (χ4v) is 1.96. The first-order chi connectivity index (χ1) is 10.9. The van der Waals surface area contributed by atoms with Crippen LogP contribution in [0.25, 0.3) is 0 Å². The molecule has 0 saturated heterocycles. The Bertz CT molecular complexity index is 675. The van der Waals surface area contributed by atoms with Crippen LogP contribution < -0.4 is 20.1 Å². The number of fused-ring (bicyclic) bond motifs is 1. The third kappa shape index (κ3) is 2.89. The molecule has 0 radical (unpaired) electrons. The van der Waals surface area contributed by atoms with E-state index in [0.717, 1.165) is 0 Å². The predicted molar refractivity (Wildman–Crippen MR) is 70.6 cm³/mol. The first-order valence-corrected chi connectivity index (χ1v) is 6.52. The van der Waals surface area contributed by atoms with E-state index in [2.05, 4.69) is 5.32 Å². The number of alkyl halides is 3. The first-order valence-electron chi connectivity index (χ1n) is 6.52. The molecule has 23 heavy (non-hydrogen) atoms. The topological polar surface area (TPSA) is 72.7 Å². The van der Waals surface area contributed by atoms with Crippen LogP contribution in [0.15, 0.2) is 47.1 Å². The van der Waals surface area contributed by atoms with E-state index < -0.39 is 18.1 Å². The minimum atomic E-state index is -4.99. The smallest absolute Gasteiger partial charge is 0.467 e. The lowest BCUT2D eigenvalue weighted by Crippen LogP contribution is -2.66. The number of benzene rings is 1. The van der Waals surface area contributed by atoms with Crippen LogP contribution in [-0.2, 0) is 6.54 Å². The van der Waals surface area contributed by atoms with Gasteiger partial charge >= 0.3 is 18.1 Å². The van der Waals surface area contributed by atoms with Gasteiger partial charge in [0.05, 0.1) is 12.8 Å². The molecule has 0 fully saturated rings. The van der Waals surface area contributed by atoms with Gasteiger partial charge in [-0.15, -0.1) is 0 Å². The van der Waals surface area contributed by atoms with E-state index in [1.807, 2.05) is 0 Å². The second-order valence-electron chi connectivity index (χ2n) is 4.65. The lowest BCUT2D eigenvalue weighted by Gasteiger charge is -2.29. The molecular formula is C14H11F3N2O4. The molecule has 3 rings (SSSR count). The van der Waals surface area contributed by atoms with Gasteiger partial charge in [0.2, 0.25) is 0 Å². The van der Waals surface area contributed by atoms with Crippen LogP contribution in [-0.4, -0.2) is 18.1 Å². The number of carbonyl (C=O) groups is 1. The minimum absolute atomic E-state index is 0.0836. The fourth-order valence-electron chi connectivity index (χ4n) is 1.96. The Morgan fingerprint density at radius 1 is 1.09 bits per heavy atom. The number of rotatable bonds is 3. The van der Waals surface area contributed by atoms with Crippen LogP contribution in [0.5, 0.6) is 11.5 Å². The molecule has 2 heterocycles. The summed E-state index contributed by atoms with van der Waals surface area (Å²) in [5, 5.41) is 3.91. The molecule has 0 saturated carbocycles. The number of hydrogen-bond donors (Lipinski definition) is 2. The lowest BCUT2D eigenvalue weighted by atomic mass is 10.3. The summed E-state index contributed by atoms with van der Waals surface area (Å²) < 4.78 is 54.6. The van der Waals surface area contributed by atoms with E-state index >= 15 is 0 Å². The fraction of sp³-hybridized carbons (Fsp3) is 0.214. The maximum absolute atomic E-state index is 13.3. The number of urea groups is 1. The van der Waals surface area contributed by atoms with Crippen LogP contribution in [0.4, 0.5) is 18.0 Å². The van der Waals surface area contributed by atoms with Crippen molar-refractivity contribution in [3.8, 4) is 11.5 Å². The zero-order chi connectivity index (χ0) is 16.5. The largest absolute Gasteiger partial charge is 0.492 e. The zero-order valence-corrected chi connectivity index (χ0v) is 11.5. The second-order valence-corrected chi connectivity index (χ2v) is 4.65. The molecular weight excluding hydrogens is 317 g/mol. The quantitative estimate of drug-likeness (QED) is 0.909. The number of ether oxygens (including phenoxy) is 2. The van der Waals surface area contributed by atoms with Gasteiger partial charge in [0, 0.05) is 0 Å². The highest BCUT2D eigenvalue weighted by Crippen LogP contribution is 2.44. The van der Waals surface area contributed by atoms with Crippen molar-refractivity contribution in [1.82, 2.24) is 10.6 Å². The van der Waals surface area contributed by atoms with Gasteiger partial charge in [0.15, 0.2) is 11.5 Å². The number of hydrogen-bond acceptors (Lipinski definition) is 4. The van der Waals surface area contributed by atoms with Crippen molar-refractivity contribution in [1.29, 1.82) is 0 Å². The first kappa shape index (κ1) is 15.1. The Balaban J connectivity index is 1.73. The van der Waals surface area contributed by atoms with Gasteiger partial charge in [-0.25, -0.2) is 4.79 Å². The standard InChI is InChI=1S/C14H11F3N2O4/c15-13(16,17)14(22-10-5-1-2-6-11(10)23-14)19-12(20)18-8-9-4-3-7-21-9/h1-7H,8H2,(H2,18,19,20). The van der Waals surface area contributed by atoms with E-state index in [4.69, 9.17) is 13.9 Å². The number of halogens is 3. The Labute approximate surface area is 128 Å². The summed E-state index contributed by atoms with van der Waals surface area (Å²) in [6.45, 7) is -0.0836. The van der Waals surface area contributed by atoms with Crippen molar-refractivity contribution < 1.29 is 31.9 Å². The molecule has 2 aromatic rings. The summed E-state index contributed by atoms with van der Waals surface area (Å²) in [7, 11) is 0. The third-order valence-corrected chi connectivity index (χ3v) is 3.01. The van der Waals surface area contributed by atoms with Crippen LogP contribution in [0, 0.1) is 0 Å². The number of furan rings is 1. The Morgan fingerprint density at radius 2 is 1.74 bits per heavy atom. The molecule has 0 atom stereocenters. The number of carbonyl (C=O) groups excluding carboxylic acids is 1. The van der Waals surface area contributed by atoms with Crippen molar-refractivity contribution in [2.45, 2.75) is 18.6 Å². The monoisotopic (exact) mass is 328 g/mol. The highest BCUT2D eigenvalue weighted by Gasteiger charge is 2.65. The zero-order valence-electron chi connectivity index (χ0n) is 11.5. The molecule has 2 N–H and O–H groups in total. The van der Waals surface area contributed by atoms with Crippen molar-refractivity contribution >= 4 is 6.03 Å². The molecule has 9 heteroatoms. The van der Waals surface area contributed by atoms with E-state index in [1.54, 1.807) is 17.4 Å². The van der Waals surface area contributed by atoms with Crippen molar-refractivity contribution in [3.63, 3.8) is 0 Å². The van der Waals surface area contributed by atoms with Crippen LogP contribution in [0.1, 0.15) is 5.76 Å². The van der Waals surface area contributed by atoms with E-state index in [1.165, 1.54) is 30.5 Å². The van der Waals surface area contributed by atoms with Gasteiger partial charge in [-0.1, -0.05) is 12.1 Å². The van der Waals surface area contributed by atoms with Gasteiger partial charge in [0.25, 0.3) is 0 Å². The van der Waals surface area contributed by atoms with Gasteiger partial charge in [-0.2, -0.15) is 13.2 Å². The number of nitrogens with one attached hydrogen (secondary N) is 2. The Hall–Kier alpha value is -2.84. The van der Waals surface area contributed by atoms with E-state index in [0.29, 0.717) is 5.76 Å². The average Bonchev–Trinajstić information content (AvgIpc) is 3.11. The highest BCUT2D eigenvalue weighted by molar-refractivity contribution is 5.74. The summed E-state index contributed by atoms with van der Waals surface area (Å²) in [4.78, 5) is 11.8. The van der Waals surface area contributed by atoms with Gasteiger partial charge < -0.3 is 19.2 Å². The summed E-state index contributed by atoms with van der Waals surface area (Å²) in [5.41, 5.74) is 0. The molecule has 1 aromatic heterocycles. The van der Waals surface area contributed by atoms with Crippen molar-refractivity contribution in [3.05, 3.63) is 48.4 Å². The Morgan fingerprint density at radius 3 is 2.26 bits per heavy atom. The Kier molecular flexibility index (Phi) is 3.55. The van der Waals surface area contributed by atoms with Gasteiger partial charge in [-0.3, -0.25) is 5.32 Å². The van der Waals surface area contributed by atoms with Gasteiger partial charge in [-0.05, 0) is 24.3 Å². The molecule has 0 unspecified atom stereocenters. The molecule has 1 aliphatic rings. The lowest BCUT2D eigenvalue weighted by molar-refractivity contribution is -0.317. The maximum Gasteiger partial charge on any atom is 0.492 e. The maximum atomic E-state index is 13.3. The average molecular weight is 328 g/mol. The van der Waals surface area contributed by atoms with Crippen LogP contribution in [0.2, 0.25) is 0 Å². The van der Waals surface area contributed by atoms with Gasteiger partial charge in [0.1, 0.15) is 5.76 Å². The normalized spacial score (nSPS) is 15.3. The molecule has 122 valence electrons. The van der Waals surface area contributed by atoms with Crippen molar-refractivity contribution in [2.75, 3.05) is 0 Å². The molecule has 2 amide bonds. The molecule has 6 nitrogen and oxygen atoms in total. The molecule has 0 spiro atoms. The molecule has 0 bridgehead atoms. The minimum Gasteiger partial charge on any atom is -0.467 e. The number of amides is 2.